The van der Waals surface area contributed by atoms with E-state index in [4.69, 9.17) is 18.9 Å². The lowest BCUT2D eigenvalue weighted by atomic mass is 9.70. The van der Waals surface area contributed by atoms with Crippen molar-refractivity contribution in [1.29, 1.82) is 0 Å². The molecule has 0 aromatic heterocycles. The van der Waals surface area contributed by atoms with E-state index in [1.54, 1.807) is 13.0 Å². The highest BCUT2D eigenvalue weighted by Gasteiger charge is 2.54. The Balaban J connectivity index is 2.29. The molecule has 0 bridgehead atoms. The summed E-state index contributed by atoms with van der Waals surface area (Å²) in [7, 11) is 1.33. The molecule has 0 N–H and O–H groups in total. The molecule has 6 nitrogen and oxygen atoms in total. The number of esters is 2. The van der Waals surface area contributed by atoms with Crippen LogP contribution in [-0.2, 0) is 28.5 Å². The summed E-state index contributed by atoms with van der Waals surface area (Å²) < 4.78 is 21.5. The van der Waals surface area contributed by atoms with Crippen LogP contribution in [0.5, 0.6) is 0 Å². The first-order chi connectivity index (χ1) is 10.9. The summed E-state index contributed by atoms with van der Waals surface area (Å²) in [5.74, 6) is -1.60. The lowest BCUT2D eigenvalue weighted by Crippen LogP contribution is -2.42. The van der Waals surface area contributed by atoms with Crippen LogP contribution < -0.4 is 0 Å². The second kappa shape index (κ2) is 7.01. The molecular formula is C17H26O6. The van der Waals surface area contributed by atoms with Gasteiger partial charge in [0, 0.05) is 6.42 Å². The molecule has 0 aromatic rings. The van der Waals surface area contributed by atoms with Crippen molar-refractivity contribution < 1.29 is 28.5 Å². The van der Waals surface area contributed by atoms with Gasteiger partial charge in [-0.2, -0.15) is 0 Å². The predicted molar refractivity (Wildman–Crippen MR) is 82.5 cm³/mol. The van der Waals surface area contributed by atoms with Crippen LogP contribution in [0, 0.1) is 11.3 Å². The Morgan fingerprint density at radius 2 is 1.96 bits per heavy atom. The van der Waals surface area contributed by atoms with Crippen molar-refractivity contribution in [3.63, 3.8) is 0 Å². The first-order valence-electron chi connectivity index (χ1n) is 8.13. The number of rotatable bonds is 6. The molecule has 0 amide bonds. The van der Waals surface area contributed by atoms with Crippen molar-refractivity contribution >= 4 is 11.9 Å². The molecule has 1 fully saturated rings. The summed E-state index contributed by atoms with van der Waals surface area (Å²) in [6.07, 6.45) is 3.36. The van der Waals surface area contributed by atoms with Crippen molar-refractivity contribution in [2.45, 2.75) is 45.8 Å². The minimum Gasteiger partial charge on any atom is -0.466 e. The van der Waals surface area contributed by atoms with Crippen LogP contribution in [0.1, 0.15) is 40.0 Å². The number of ether oxygens (including phenoxy) is 4. The minimum atomic E-state index is -0.999. The van der Waals surface area contributed by atoms with Gasteiger partial charge in [-0.15, -0.1) is 0 Å². The fourth-order valence-corrected chi connectivity index (χ4v) is 3.50. The molecule has 1 heterocycles. The number of carbonyl (C=O) groups excluding carboxylic acids is 2. The summed E-state index contributed by atoms with van der Waals surface area (Å²) in [6, 6.07) is 0. The summed E-state index contributed by atoms with van der Waals surface area (Å²) in [5.41, 5.74) is -0.603. The van der Waals surface area contributed by atoms with Gasteiger partial charge in [0.05, 0.1) is 32.5 Å². The van der Waals surface area contributed by atoms with Crippen LogP contribution in [0.25, 0.3) is 0 Å². The van der Waals surface area contributed by atoms with Crippen molar-refractivity contribution in [3.8, 4) is 0 Å². The standard InChI is InChI=1S/C17H26O6/c1-5-21-15(19)17(9-8-16(3)22-10-11-23-16)12(2)6-7-13(17)14(18)20-4/h7,12H,5-6,8-11H2,1-4H3/t12-,17-/m1/s1. The maximum Gasteiger partial charge on any atom is 0.334 e. The average molecular weight is 326 g/mol. The van der Waals surface area contributed by atoms with E-state index in [0.29, 0.717) is 38.0 Å². The molecule has 1 saturated heterocycles. The number of allylic oxidation sites excluding steroid dienone is 1. The van der Waals surface area contributed by atoms with E-state index in [1.807, 2.05) is 13.8 Å². The number of hydrogen-bond acceptors (Lipinski definition) is 6. The molecule has 23 heavy (non-hydrogen) atoms. The predicted octanol–water partition coefficient (Wildman–Crippen LogP) is 2.22. The molecule has 2 rings (SSSR count). The highest BCUT2D eigenvalue weighted by molar-refractivity contribution is 5.99. The van der Waals surface area contributed by atoms with Gasteiger partial charge in [0.2, 0.25) is 0 Å². The summed E-state index contributed by atoms with van der Waals surface area (Å²) in [6.45, 7) is 6.93. The molecule has 0 radical (unpaired) electrons. The normalized spacial score (nSPS) is 29.2. The van der Waals surface area contributed by atoms with Crippen LogP contribution in [-0.4, -0.2) is 44.7 Å². The monoisotopic (exact) mass is 326 g/mol. The second-order valence-electron chi connectivity index (χ2n) is 6.27. The molecule has 1 aliphatic heterocycles. The van der Waals surface area contributed by atoms with Crippen LogP contribution in [0.4, 0.5) is 0 Å². The zero-order chi connectivity index (χ0) is 17.1. The molecule has 0 aromatic carbocycles. The van der Waals surface area contributed by atoms with Gasteiger partial charge in [0.1, 0.15) is 5.41 Å². The van der Waals surface area contributed by atoms with E-state index in [1.165, 1.54) is 7.11 Å². The Morgan fingerprint density at radius 3 is 2.52 bits per heavy atom. The van der Waals surface area contributed by atoms with Gasteiger partial charge in [-0.3, -0.25) is 4.79 Å². The zero-order valence-corrected chi connectivity index (χ0v) is 14.3. The highest BCUT2D eigenvalue weighted by Crippen LogP contribution is 2.50. The second-order valence-corrected chi connectivity index (χ2v) is 6.27. The van der Waals surface area contributed by atoms with Gasteiger partial charge in [0.15, 0.2) is 5.79 Å². The molecule has 1 aliphatic carbocycles. The molecule has 6 heteroatoms. The zero-order valence-electron chi connectivity index (χ0n) is 14.3. The molecule has 0 spiro atoms. The first-order valence-corrected chi connectivity index (χ1v) is 8.13. The third kappa shape index (κ3) is 3.28. The van der Waals surface area contributed by atoms with Crippen molar-refractivity contribution in [3.05, 3.63) is 11.6 Å². The Labute approximate surface area is 137 Å². The third-order valence-corrected chi connectivity index (χ3v) is 4.91. The maximum absolute atomic E-state index is 12.8. The van der Waals surface area contributed by atoms with Crippen LogP contribution in [0.2, 0.25) is 0 Å². The number of carbonyl (C=O) groups is 2. The fraction of sp³-hybridized carbons (Fsp3) is 0.765. The van der Waals surface area contributed by atoms with Crippen LogP contribution in [0.15, 0.2) is 11.6 Å². The molecule has 2 atom stereocenters. The fourth-order valence-electron chi connectivity index (χ4n) is 3.50. The topological polar surface area (TPSA) is 71.1 Å². The van der Waals surface area contributed by atoms with Gasteiger partial charge in [-0.1, -0.05) is 13.0 Å². The van der Waals surface area contributed by atoms with Crippen LogP contribution in [0.3, 0.4) is 0 Å². The lowest BCUT2D eigenvalue weighted by Gasteiger charge is -2.35. The SMILES string of the molecule is CCOC(=O)[C@@]1(CCC2(C)OCCO2)C(C(=O)OC)=CC[C@H]1C. The van der Waals surface area contributed by atoms with E-state index in [2.05, 4.69) is 0 Å². The van der Waals surface area contributed by atoms with E-state index >= 15 is 0 Å². The van der Waals surface area contributed by atoms with Gasteiger partial charge in [-0.25, -0.2) is 4.79 Å². The van der Waals surface area contributed by atoms with Crippen molar-refractivity contribution in [1.82, 2.24) is 0 Å². The minimum absolute atomic E-state index is 0.0411. The Hall–Kier alpha value is -1.40. The Bertz CT molecular complexity index is 491. The Morgan fingerprint density at radius 1 is 1.30 bits per heavy atom. The smallest absolute Gasteiger partial charge is 0.334 e. The van der Waals surface area contributed by atoms with E-state index in [9.17, 15) is 9.59 Å². The van der Waals surface area contributed by atoms with E-state index in [-0.39, 0.29) is 18.5 Å². The largest absolute Gasteiger partial charge is 0.466 e. The van der Waals surface area contributed by atoms with Gasteiger partial charge in [-0.05, 0) is 32.6 Å². The number of hydrogen-bond donors (Lipinski definition) is 0. The van der Waals surface area contributed by atoms with Crippen molar-refractivity contribution in [2.75, 3.05) is 26.9 Å². The molecular weight excluding hydrogens is 300 g/mol. The summed E-state index contributed by atoms with van der Waals surface area (Å²) >= 11 is 0. The van der Waals surface area contributed by atoms with Crippen molar-refractivity contribution in [2.24, 2.45) is 11.3 Å². The highest BCUT2D eigenvalue weighted by atomic mass is 16.7. The quantitative estimate of drug-likeness (QED) is 0.697. The van der Waals surface area contributed by atoms with E-state index < -0.39 is 17.2 Å². The first kappa shape index (κ1) is 17.9. The summed E-state index contributed by atoms with van der Waals surface area (Å²) in [5, 5.41) is 0. The molecule has 2 aliphatic rings. The lowest BCUT2D eigenvalue weighted by molar-refractivity contribution is -0.167. The Kier molecular flexibility index (Phi) is 5.47. The maximum atomic E-state index is 12.8. The van der Waals surface area contributed by atoms with E-state index in [0.717, 1.165) is 0 Å². The van der Waals surface area contributed by atoms with Gasteiger partial charge >= 0.3 is 11.9 Å². The molecule has 0 unspecified atom stereocenters. The molecule has 0 saturated carbocycles. The molecule has 130 valence electrons. The summed E-state index contributed by atoms with van der Waals surface area (Å²) in [4.78, 5) is 25.0. The van der Waals surface area contributed by atoms with Gasteiger partial charge in [0.25, 0.3) is 0 Å². The number of methoxy groups -OCH3 is 1. The average Bonchev–Trinajstić information content (AvgIpc) is 3.10. The third-order valence-electron chi connectivity index (χ3n) is 4.91. The van der Waals surface area contributed by atoms with Gasteiger partial charge < -0.3 is 18.9 Å². The van der Waals surface area contributed by atoms with Crippen LogP contribution >= 0.6 is 0 Å².